The van der Waals surface area contributed by atoms with Gasteiger partial charge in [-0.25, -0.2) is 0 Å². The molecule has 0 saturated carbocycles. The Kier molecular flexibility index (Phi) is 7.60. The second-order valence-electron chi connectivity index (χ2n) is 5.57. The number of hydrogen-bond donors (Lipinski definition) is 2. The summed E-state index contributed by atoms with van der Waals surface area (Å²) in [6.07, 6.45) is 5.06. The van der Waals surface area contributed by atoms with Crippen molar-refractivity contribution in [1.29, 1.82) is 0 Å². The van der Waals surface area contributed by atoms with Gasteiger partial charge in [-0.05, 0) is 50.0 Å². The summed E-state index contributed by atoms with van der Waals surface area (Å²) in [5, 5.41) is 7.38. The fraction of sp³-hybridized carbons (Fsp3) is 0.588. The van der Waals surface area contributed by atoms with E-state index < -0.39 is 0 Å². The van der Waals surface area contributed by atoms with E-state index in [2.05, 4.69) is 56.5 Å². The Labute approximate surface area is 129 Å². The summed E-state index contributed by atoms with van der Waals surface area (Å²) >= 11 is 5.39. The molecule has 0 fully saturated rings. The lowest BCUT2D eigenvalue weighted by atomic mass is 9.99. The highest BCUT2D eigenvalue weighted by atomic mass is 32.1. The van der Waals surface area contributed by atoms with Crippen LogP contribution in [0.15, 0.2) is 18.2 Å². The average molecular weight is 292 g/mol. The van der Waals surface area contributed by atoms with Gasteiger partial charge in [0.2, 0.25) is 0 Å². The number of thiocarbonyl (C=S) groups is 1. The maximum Gasteiger partial charge on any atom is 0.170 e. The predicted octanol–water partition coefficient (Wildman–Crippen LogP) is 4.81. The summed E-state index contributed by atoms with van der Waals surface area (Å²) in [5.41, 5.74) is 3.60. The molecule has 0 aromatic heterocycles. The minimum atomic E-state index is 0.716. The third-order valence-corrected chi connectivity index (χ3v) is 3.97. The van der Waals surface area contributed by atoms with Crippen LogP contribution in [0.5, 0.6) is 0 Å². The van der Waals surface area contributed by atoms with Gasteiger partial charge < -0.3 is 10.6 Å². The average Bonchev–Trinajstić information content (AvgIpc) is 2.42. The minimum absolute atomic E-state index is 0.716. The zero-order valence-corrected chi connectivity index (χ0v) is 14.1. The van der Waals surface area contributed by atoms with E-state index >= 15 is 0 Å². The van der Waals surface area contributed by atoms with Gasteiger partial charge in [-0.1, -0.05) is 50.8 Å². The van der Waals surface area contributed by atoms with Crippen molar-refractivity contribution in [3.8, 4) is 0 Å². The van der Waals surface area contributed by atoms with Gasteiger partial charge in [0.15, 0.2) is 5.11 Å². The van der Waals surface area contributed by atoms with Crippen LogP contribution < -0.4 is 10.6 Å². The summed E-state index contributed by atoms with van der Waals surface area (Å²) < 4.78 is 0. The molecule has 0 amide bonds. The molecule has 3 heteroatoms. The van der Waals surface area contributed by atoms with Gasteiger partial charge in [0.05, 0.1) is 0 Å². The summed E-state index contributed by atoms with van der Waals surface area (Å²) in [7, 11) is 0. The van der Waals surface area contributed by atoms with Crippen LogP contribution >= 0.6 is 12.2 Å². The molecule has 0 aliphatic rings. The molecule has 20 heavy (non-hydrogen) atoms. The molecule has 2 nitrogen and oxygen atoms in total. The number of aryl methyl sites for hydroxylation is 2. The highest BCUT2D eigenvalue weighted by Crippen LogP contribution is 2.16. The Balaban J connectivity index is 2.43. The van der Waals surface area contributed by atoms with E-state index in [4.69, 9.17) is 12.2 Å². The third kappa shape index (κ3) is 5.91. The molecule has 112 valence electrons. The molecule has 0 aliphatic carbocycles. The Morgan fingerprint density at radius 2 is 2.00 bits per heavy atom. The maximum atomic E-state index is 5.39. The molecule has 1 aromatic carbocycles. The first-order valence-electron chi connectivity index (χ1n) is 7.68. The van der Waals surface area contributed by atoms with Gasteiger partial charge in [-0.15, -0.1) is 0 Å². The largest absolute Gasteiger partial charge is 0.362 e. The lowest BCUT2D eigenvalue weighted by Gasteiger charge is -2.18. The van der Waals surface area contributed by atoms with E-state index in [0.717, 1.165) is 17.3 Å². The fourth-order valence-corrected chi connectivity index (χ4v) is 2.49. The van der Waals surface area contributed by atoms with Crippen LogP contribution in [-0.4, -0.2) is 11.7 Å². The highest BCUT2D eigenvalue weighted by Gasteiger charge is 2.07. The Hall–Kier alpha value is -1.09. The maximum absolute atomic E-state index is 5.39. The molecule has 2 N–H and O–H groups in total. The van der Waals surface area contributed by atoms with Gasteiger partial charge in [-0.3, -0.25) is 0 Å². The van der Waals surface area contributed by atoms with E-state index in [-0.39, 0.29) is 0 Å². The molecule has 1 atom stereocenters. The third-order valence-electron chi connectivity index (χ3n) is 3.72. The van der Waals surface area contributed by atoms with Crippen molar-refractivity contribution < 1.29 is 0 Å². The van der Waals surface area contributed by atoms with Gasteiger partial charge in [0.25, 0.3) is 0 Å². The molecule has 0 heterocycles. The molecule has 0 bridgehead atoms. The smallest absolute Gasteiger partial charge is 0.170 e. The number of hydrogen-bond acceptors (Lipinski definition) is 1. The first kappa shape index (κ1) is 17.0. The fourth-order valence-electron chi connectivity index (χ4n) is 2.30. The minimum Gasteiger partial charge on any atom is -0.362 e. The number of benzene rings is 1. The van der Waals surface area contributed by atoms with Crippen LogP contribution in [-0.2, 0) is 0 Å². The quantitative estimate of drug-likeness (QED) is 0.705. The molecule has 0 unspecified atom stereocenters. The Morgan fingerprint density at radius 3 is 2.60 bits per heavy atom. The second-order valence-corrected chi connectivity index (χ2v) is 5.98. The zero-order chi connectivity index (χ0) is 15.0. The summed E-state index contributed by atoms with van der Waals surface area (Å²) in [6.45, 7) is 9.67. The van der Waals surface area contributed by atoms with Crippen LogP contribution in [0.1, 0.15) is 50.7 Å². The van der Waals surface area contributed by atoms with Crippen molar-refractivity contribution in [2.75, 3.05) is 11.9 Å². The predicted molar refractivity (Wildman–Crippen MR) is 93.4 cm³/mol. The summed E-state index contributed by atoms with van der Waals surface area (Å²) in [6, 6.07) is 6.36. The number of nitrogens with one attached hydrogen (secondary N) is 2. The second kappa shape index (κ2) is 8.96. The van der Waals surface area contributed by atoms with Gasteiger partial charge >= 0.3 is 0 Å². The molecule has 0 aliphatic heterocycles. The van der Waals surface area contributed by atoms with E-state index in [1.807, 2.05) is 0 Å². The lowest BCUT2D eigenvalue weighted by Crippen LogP contribution is -2.33. The molecule has 0 spiro atoms. The van der Waals surface area contributed by atoms with E-state index in [0.29, 0.717) is 5.92 Å². The topological polar surface area (TPSA) is 24.1 Å². The van der Waals surface area contributed by atoms with Crippen LogP contribution in [0.2, 0.25) is 0 Å². The van der Waals surface area contributed by atoms with Crippen molar-refractivity contribution in [3.63, 3.8) is 0 Å². The van der Waals surface area contributed by atoms with Gasteiger partial charge in [-0.2, -0.15) is 0 Å². The molecular weight excluding hydrogens is 264 g/mol. The van der Waals surface area contributed by atoms with Crippen molar-refractivity contribution in [1.82, 2.24) is 5.32 Å². The van der Waals surface area contributed by atoms with Crippen LogP contribution in [0, 0.1) is 19.8 Å². The number of unbranched alkanes of at least 4 members (excludes halogenated alkanes) is 1. The molecular formula is C17H28N2S. The van der Waals surface area contributed by atoms with Gasteiger partial charge in [0.1, 0.15) is 0 Å². The van der Waals surface area contributed by atoms with Crippen molar-refractivity contribution in [3.05, 3.63) is 29.3 Å². The Morgan fingerprint density at radius 1 is 1.25 bits per heavy atom. The van der Waals surface area contributed by atoms with Crippen molar-refractivity contribution >= 4 is 23.0 Å². The van der Waals surface area contributed by atoms with E-state index in [1.54, 1.807) is 0 Å². The first-order chi connectivity index (χ1) is 9.56. The van der Waals surface area contributed by atoms with Crippen molar-refractivity contribution in [2.24, 2.45) is 5.92 Å². The molecule has 1 rings (SSSR count). The number of rotatable bonds is 7. The lowest BCUT2D eigenvalue weighted by molar-refractivity contribution is 0.446. The zero-order valence-electron chi connectivity index (χ0n) is 13.3. The van der Waals surface area contributed by atoms with E-state index in [1.165, 1.54) is 36.8 Å². The van der Waals surface area contributed by atoms with Crippen LogP contribution in [0.25, 0.3) is 0 Å². The first-order valence-corrected chi connectivity index (χ1v) is 8.09. The Bertz CT molecular complexity index is 429. The van der Waals surface area contributed by atoms with E-state index in [9.17, 15) is 0 Å². The van der Waals surface area contributed by atoms with Crippen molar-refractivity contribution in [2.45, 2.75) is 53.4 Å². The standard InChI is InChI=1S/C17H28N2S/c1-5-7-8-15(6-2)12-18-17(20)19-16-10-9-13(3)11-14(16)4/h9-11,15H,5-8,12H2,1-4H3,(H2,18,19,20)/t15-/m1/s1. The SMILES string of the molecule is CCCC[C@@H](CC)CNC(=S)Nc1ccc(C)cc1C. The molecule has 1 aromatic rings. The molecule has 0 saturated heterocycles. The normalized spacial score (nSPS) is 12.0. The summed E-state index contributed by atoms with van der Waals surface area (Å²) in [5.74, 6) is 0.716. The van der Waals surface area contributed by atoms with Crippen LogP contribution in [0.4, 0.5) is 5.69 Å². The number of anilines is 1. The molecule has 0 radical (unpaired) electrons. The monoisotopic (exact) mass is 292 g/mol. The van der Waals surface area contributed by atoms with Crippen LogP contribution in [0.3, 0.4) is 0 Å². The highest BCUT2D eigenvalue weighted by molar-refractivity contribution is 7.80. The van der Waals surface area contributed by atoms with Gasteiger partial charge in [0, 0.05) is 12.2 Å². The summed E-state index contributed by atoms with van der Waals surface area (Å²) in [4.78, 5) is 0.